The Labute approximate surface area is 129 Å². The predicted octanol–water partition coefficient (Wildman–Crippen LogP) is 5.15. The third kappa shape index (κ3) is 4.18. The van der Waals surface area contributed by atoms with E-state index in [-0.39, 0.29) is 0 Å². The first kappa shape index (κ1) is 15.8. The highest BCUT2D eigenvalue weighted by Gasteiger charge is 2.01. The van der Waals surface area contributed by atoms with Crippen LogP contribution in [0.15, 0.2) is 36.4 Å². The maximum Gasteiger partial charge on any atom is 0.0721 e. The lowest BCUT2D eigenvalue weighted by Crippen LogP contribution is -1.97. The summed E-state index contributed by atoms with van der Waals surface area (Å²) < 4.78 is 5.86. The Morgan fingerprint density at radius 3 is 1.48 bits per heavy atom. The zero-order valence-corrected chi connectivity index (χ0v) is 13.7. The summed E-state index contributed by atoms with van der Waals surface area (Å²) in [6, 6.07) is 13.3. The number of aryl methyl sites for hydroxylation is 4. The number of hydrogen-bond donors (Lipinski definition) is 0. The lowest BCUT2D eigenvalue weighted by molar-refractivity contribution is 0.107. The van der Waals surface area contributed by atoms with E-state index in [0.29, 0.717) is 13.2 Å². The van der Waals surface area contributed by atoms with Crippen molar-refractivity contribution < 1.29 is 4.74 Å². The first-order chi connectivity index (χ1) is 10.1. The molecule has 0 spiro atoms. The third-order valence-corrected chi connectivity index (χ3v) is 4.11. The molecule has 0 heterocycles. The van der Waals surface area contributed by atoms with Crippen LogP contribution in [0.2, 0.25) is 0 Å². The Kier molecular flexibility index (Phi) is 5.58. The van der Waals surface area contributed by atoms with Gasteiger partial charge in [-0.25, -0.2) is 0 Å². The van der Waals surface area contributed by atoms with Gasteiger partial charge >= 0.3 is 0 Å². The van der Waals surface area contributed by atoms with Gasteiger partial charge < -0.3 is 4.74 Å². The molecule has 0 bridgehead atoms. The topological polar surface area (TPSA) is 9.23 Å². The summed E-state index contributed by atoms with van der Waals surface area (Å²) in [4.78, 5) is 0. The van der Waals surface area contributed by atoms with Gasteiger partial charge in [0.2, 0.25) is 0 Å². The van der Waals surface area contributed by atoms with Crippen LogP contribution in [0.3, 0.4) is 0 Å². The highest BCUT2D eigenvalue weighted by molar-refractivity contribution is 5.31. The number of benzene rings is 2. The van der Waals surface area contributed by atoms with Crippen LogP contribution in [-0.2, 0) is 30.8 Å². The second kappa shape index (κ2) is 7.42. The van der Waals surface area contributed by atoms with Crippen LogP contribution in [0.1, 0.15) is 47.2 Å². The van der Waals surface area contributed by atoms with E-state index in [1.807, 2.05) is 0 Å². The molecule has 2 aromatic rings. The van der Waals surface area contributed by atoms with Gasteiger partial charge in [0.25, 0.3) is 0 Å². The fourth-order valence-electron chi connectivity index (χ4n) is 2.78. The fraction of sp³-hybridized carbons (Fsp3) is 0.400. The van der Waals surface area contributed by atoms with Gasteiger partial charge in [-0.3, -0.25) is 0 Å². The molecule has 2 rings (SSSR count). The lowest BCUT2D eigenvalue weighted by atomic mass is 10.0. The molecule has 0 aliphatic heterocycles. The molecule has 0 saturated carbocycles. The van der Waals surface area contributed by atoms with E-state index in [4.69, 9.17) is 4.74 Å². The SMILES string of the molecule is CCc1ccc(COCc2ccc(CC)c(C)c2)cc1C. The highest BCUT2D eigenvalue weighted by atomic mass is 16.5. The Balaban J connectivity index is 1.92. The van der Waals surface area contributed by atoms with Crippen molar-refractivity contribution >= 4 is 0 Å². The maximum absolute atomic E-state index is 5.86. The number of ether oxygens (including phenoxy) is 1. The smallest absolute Gasteiger partial charge is 0.0721 e. The summed E-state index contributed by atoms with van der Waals surface area (Å²) in [7, 11) is 0. The Morgan fingerprint density at radius 1 is 0.714 bits per heavy atom. The van der Waals surface area contributed by atoms with Crippen LogP contribution in [0, 0.1) is 13.8 Å². The van der Waals surface area contributed by atoms with Crippen molar-refractivity contribution in [3.05, 3.63) is 69.8 Å². The molecule has 0 amide bonds. The van der Waals surface area contributed by atoms with Crippen molar-refractivity contribution in [3.63, 3.8) is 0 Å². The van der Waals surface area contributed by atoms with Crippen LogP contribution in [0.4, 0.5) is 0 Å². The molecule has 0 N–H and O–H groups in total. The molecule has 0 radical (unpaired) electrons. The zero-order chi connectivity index (χ0) is 15.2. The molecule has 0 fully saturated rings. The van der Waals surface area contributed by atoms with Gasteiger partial charge in [-0.2, -0.15) is 0 Å². The molecule has 112 valence electrons. The molecule has 1 heteroatoms. The first-order valence-electron chi connectivity index (χ1n) is 7.88. The van der Waals surface area contributed by atoms with Crippen molar-refractivity contribution in [2.75, 3.05) is 0 Å². The van der Waals surface area contributed by atoms with Gasteiger partial charge in [0.05, 0.1) is 13.2 Å². The quantitative estimate of drug-likeness (QED) is 0.712. The summed E-state index contributed by atoms with van der Waals surface area (Å²) in [5.41, 5.74) is 8.08. The zero-order valence-electron chi connectivity index (χ0n) is 13.7. The van der Waals surface area contributed by atoms with Gasteiger partial charge in [0, 0.05) is 0 Å². The minimum atomic E-state index is 0.680. The molecule has 0 atom stereocenters. The van der Waals surface area contributed by atoms with Gasteiger partial charge in [-0.15, -0.1) is 0 Å². The molecular weight excluding hydrogens is 256 g/mol. The second-order valence-corrected chi connectivity index (χ2v) is 5.72. The van der Waals surface area contributed by atoms with Crippen LogP contribution >= 0.6 is 0 Å². The van der Waals surface area contributed by atoms with Crippen molar-refractivity contribution in [2.45, 2.75) is 53.8 Å². The predicted molar refractivity (Wildman–Crippen MR) is 89.6 cm³/mol. The maximum atomic E-state index is 5.86. The second-order valence-electron chi connectivity index (χ2n) is 5.72. The molecule has 2 aromatic carbocycles. The normalized spacial score (nSPS) is 10.9. The van der Waals surface area contributed by atoms with E-state index in [1.54, 1.807) is 0 Å². The molecule has 21 heavy (non-hydrogen) atoms. The van der Waals surface area contributed by atoms with Gasteiger partial charge in [0.1, 0.15) is 0 Å². The molecule has 0 unspecified atom stereocenters. The van der Waals surface area contributed by atoms with Crippen LogP contribution < -0.4 is 0 Å². The molecule has 0 aliphatic carbocycles. The highest BCUT2D eigenvalue weighted by Crippen LogP contribution is 2.15. The van der Waals surface area contributed by atoms with Gasteiger partial charge in [-0.1, -0.05) is 50.2 Å². The summed E-state index contributed by atoms with van der Waals surface area (Å²) in [6.07, 6.45) is 2.19. The molecular formula is C20H26O. The summed E-state index contributed by atoms with van der Waals surface area (Å²) in [5, 5.41) is 0. The number of rotatable bonds is 6. The molecule has 0 saturated heterocycles. The van der Waals surface area contributed by atoms with Crippen molar-refractivity contribution in [1.82, 2.24) is 0 Å². The van der Waals surface area contributed by atoms with E-state index >= 15 is 0 Å². The Morgan fingerprint density at radius 2 is 1.14 bits per heavy atom. The summed E-state index contributed by atoms with van der Waals surface area (Å²) >= 11 is 0. The Hall–Kier alpha value is -1.60. The van der Waals surface area contributed by atoms with E-state index in [2.05, 4.69) is 64.1 Å². The average molecular weight is 282 g/mol. The third-order valence-electron chi connectivity index (χ3n) is 4.11. The van der Waals surface area contributed by atoms with Crippen LogP contribution in [-0.4, -0.2) is 0 Å². The van der Waals surface area contributed by atoms with Crippen molar-refractivity contribution in [1.29, 1.82) is 0 Å². The largest absolute Gasteiger partial charge is 0.372 e. The monoisotopic (exact) mass is 282 g/mol. The van der Waals surface area contributed by atoms with E-state index in [9.17, 15) is 0 Å². The average Bonchev–Trinajstić information content (AvgIpc) is 2.48. The first-order valence-corrected chi connectivity index (χ1v) is 7.88. The van der Waals surface area contributed by atoms with Crippen LogP contribution in [0.5, 0.6) is 0 Å². The lowest BCUT2D eigenvalue weighted by Gasteiger charge is -2.10. The minimum Gasteiger partial charge on any atom is -0.372 e. The fourth-order valence-corrected chi connectivity index (χ4v) is 2.78. The van der Waals surface area contributed by atoms with E-state index < -0.39 is 0 Å². The molecule has 0 aromatic heterocycles. The molecule has 0 aliphatic rings. The number of hydrogen-bond acceptors (Lipinski definition) is 1. The van der Waals surface area contributed by atoms with E-state index in [0.717, 1.165) is 12.8 Å². The standard InChI is InChI=1S/C20H26O/c1-5-19-9-7-17(11-15(19)3)13-21-14-18-8-10-20(6-2)16(4)12-18/h7-12H,5-6,13-14H2,1-4H3. The Bertz CT molecular complexity index is 545. The van der Waals surface area contributed by atoms with E-state index in [1.165, 1.54) is 33.4 Å². The minimum absolute atomic E-state index is 0.680. The van der Waals surface area contributed by atoms with Crippen molar-refractivity contribution in [2.24, 2.45) is 0 Å². The summed E-state index contributed by atoms with van der Waals surface area (Å²) in [5.74, 6) is 0. The molecule has 1 nitrogen and oxygen atoms in total. The van der Waals surface area contributed by atoms with Gasteiger partial charge in [0.15, 0.2) is 0 Å². The van der Waals surface area contributed by atoms with Gasteiger partial charge in [-0.05, 0) is 60.1 Å². The summed E-state index contributed by atoms with van der Waals surface area (Å²) in [6.45, 7) is 10.1. The van der Waals surface area contributed by atoms with Crippen molar-refractivity contribution in [3.8, 4) is 0 Å². The van der Waals surface area contributed by atoms with Crippen LogP contribution in [0.25, 0.3) is 0 Å².